The fourth-order valence-electron chi connectivity index (χ4n) is 20.3. The van der Waals surface area contributed by atoms with Crippen LogP contribution in [0.15, 0.2) is 181 Å². The van der Waals surface area contributed by atoms with Gasteiger partial charge >= 0.3 is 0 Å². The van der Waals surface area contributed by atoms with Crippen molar-refractivity contribution in [1.29, 1.82) is 0 Å². The molecular formula is C109H152N12. The Bertz CT molecular complexity index is 4610. The molecule has 121 heavy (non-hydrogen) atoms. The van der Waals surface area contributed by atoms with Gasteiger partial charge in [0.05, 0.1) is 45.5 Å². The molecule has 12 nitrogen and oxygen atoms in total. The van der Waals surface area contributed by atoms with Crippen molar-refractivity contribution in [2.45, 2.75) is 248 Å². The van der Waals surface area contributed by atoms with Crippen LogP contribution < -0.4 is 39.2 Å². The van der Waals surface area contributed by atoms with Gasteiger partial charge in [-0.3, -0.25) is 0 Å². The lowest BCUT2D eigenvalue weighted by Gasteiger charge is -2.40. The maximum Gasteiger partial charge on any atom is 0.156 e. The van der Waals surface area contributed by atoms with Crippen molar-refractivity contribution < 1.29 is 0 Å². The molecule has 0 radical (unpaired) electrons. The number of hydrogen-bond acceptors (Lipinski definition) is 12. The predicted octanol–water partition coefficient (Wildman–Crippen LogP) is 25.7. The smallest absolute Gasteiger partial charge is 0.156 e. The largest absolute Gasteiger partial charge is 0.349 e. The van der Waals surface area contributed by atoms with Gasteiger partial charge in [-0.2, -0.15) is 0 Å². The first kappa shape index (κ1) is 89.3. The number of anilines is 8. The number of aryl methyl sites for hydroxylation is 12. The van der Waals surface area contributed by atoms with Gasteiger partial charge in [0.1, 0.15) is 11.6 Å². The van der Waals surface area contributed by atoms with E-state index in [1.807, 2.05) is 0 Å². The van der Waals surface area contributed by atoms with Gasteiger partial charge in [0, 0.05) is 110 Å². The average Bonchev–Trinajstić information content (AvgIpc) is 1.56. The van der Waals surface area contributed by atoms with E-state index in [1.165, 1.54) is 169 Å². The monoisotopic (exact) mass is 1630 g/mol. The summed E-state index contributed by atoms with van der Waals surface area (Å²) < 4.78 is 0. The molecule has 2 fully saturated rings. The minimum atomic E-state index is 0.128. The van der Waals surface area contributed by atoms with E-state index in [-0.39, 0.29) is 37.9 Å². The van der Waals surface area contributed by atoms with Crippen molar-refractivity contribution >= 4 is 45.5 Å². The van der Waals surface area contributed by atoms with Crippen LogP contribution in [-0.2, 0) is 26.2 Å². The normalized spacial score (nSPS) is 16.7. The highest BCUT2D eigenvalue weighted by molar-refractivity contribution is 5.91. The van der Waals surface area contributed by atoms with Gasteiger partial charge in [0.25, 0.3) is 0 Å². The molecule has 0 saturated carbocycles. The first-order chi connectivity index (χ1) is 56.4. The minimum absolute atomic E-state index is 0.128. The molecule has 0 aromatic heterocycles. The SMILES string of the molecule is CC(C)(C)CN1C(=C2N(CC(C)(C)C)c3ccccc3N2CC(C)(C)C)N(CC(C)(C)C)c2ccccc21.CC(C)(C)CN1C2=C3N(CC(C)(C)C)c4ccccc4N3CC(C)(C)CN2c2ccccc21.Cc1cc(C)c(CN2CCN(Cc3c(C)cc(C)cc3C)C2=C2N(Cc3c(C)cc(C)cc3C)CCN2Cc2c(C)cc(C)cc2C)c(C)c1. The summed E-state index contributed by atoms with van der Waals surface area (Å²) in [6, 6.07) is 54.9. The Kier molecular flexibility index (Phi) is 24.9. The summed E-state index contributed by atoms with van der Waals surface area (Å²) in [5, 5.41) is 0. The maximum atomic E-state index is 2.72. The summed E-state index contributed by atoms with van der Waals surface area (Å²) >= 11 is 0. The Morgan fingerprint density at radius 2 is 0.397 bits per heavy atom. The van der Waals surface area contributed by atoms with Gasteiger partial charge in [-0.05, 0) is 231 Å². The third-order valence-corrected chi connectivity index (χ3v) is 24.7. The van der Waals surface area contributed by atoms with E-state index in [2.05, 4.69) is 426 Å². The van der Waals surface area contributed by atoms with Crippen LogP contribution in [0.3, 0.4) is 0 Å². The highest BCUT2D eigenvalue weighted by Crippen LogP contribution is 2.56. The standard InChI is InChI=1S/C46H60N4.C34H52N4.C29H40N4/c1-29-17-33(5)41(34(6)18-29)25-47-13-14-48(26-42-35(7)19-30(2)20-36(42)8)45(47)46-49(27-43-37(9)21-31(3)22-38(43)10)15-16-50(46)28-44-39(11)23-32(4)24-40(44)12;1-31(2,3)21-35-25-17-13-14-18-26(25)36(22-32(4,5)6)29(35)30-37(23-33(7,8)9)27-19-15-16-20-28(27)38(30)24-34(10,11)12;1-27(2,3)17-30-21-13-9-11-15-23(21)32-19-29(7,8)20-33-24-16-12-10-14-22(24)31(18-28(4,5)6)26(33)25(30)32/h17-24H,13-16,25-28H2,1-12H3;13-20H,21-24H2,1-12H3;9-16H,17-20H2,1-8H3. The number of para-hydroxylation sites is 8. The summed E-state index contributed by atoms with van der Waals surface area (Å²) in [7, 11) is 0. The number of hydrogen-bond donors (Lipinski definition) is 0. The average molecular weight is 1630 g/mol. The summed E-state index contributed by atoms with van der Waals surface area (Å²) in [5.74, 6) is 8.12. The molecule has 8 aromatic carbocycles. The molecule has 12 heteroatoms. The van der Waals surface area contributed by atoms with Crippen LogP contribution in [0.1, 0.15) is 227 Å². The zero-order valence-electron chi connectivity index (χ0n) is 81.0. The summed E-state index contributed by atoms with van der Waals surface area (Å²) in [5.41, 5.74) is 34.0. The van der Waals surface area contributed by atoms with E-state index >= 15 is 0 Å². The molecule has 7 heterocycles. The quantitative estimate of drug-likeness (QED) is 0.104. The molecule has 0 aliphatic carbocycles. The van der Waals surface area contributed by atoms with E-state index in [4.69, 9.17) is 0 Å². The van der Waals surface area contributed by atoms with Crippen LogP contribution >= 0.6 is 0 Å². The number of fused-ring (bicyclic) bond motifs is 8. The van der Waals surface area contributed by atoms with E-state index < -0.39 is 0 Å². The van der Waals surface area contributed by atoms with E-state index in [0.717, 1.165) is 105 Å². The van der Waals surface area contributed by atoms with Gasteiger partial charge in [0.2, 0.25) is 0 Å². The highest BCUT2D eigenvalue weighted by atomic mass is 15.5. The van der Waals surface area contributed by atoms with Crippen molar-refractivity contribution in [3.63, 3.8) is 0 Å². The van der Waals surface area contributed by atoms with E-state index in [1.54, 1.807) is 0 Å². The molecule has 7 aliphatic heterocycles. The zero-order chi connectivity index (χ0) is 88.0. The van der Waals surface area contributed by atoms with Crippen molar-refractivity contribution in [3.8, 4) is 0 Å². The second-order valence-corrected chi connectivity index (χ2v) is 45.3. The van der Waals surface area contributed by atoms with Crippen LogP contribution in [0, 0.1) is 121 Å². The van der Waals surface area contributed by atoms with Crippen molar-refractivity contribution in [3.05, 3.63) is 270 Å². The summed E-state index contributed by atoms with van der Waals surface area (Å²) in [6.45, 7) is 90.0. The third kappa shape index (κ3) is 19.8. The molecule has 0 N–H and O–H groups in total. The number of nitrogens with zero attached hydrogens (tertiary/aromatic N) is 12. The van der Waals surface area contributed by atoms with Crippen LogP contribution in [-0.4, -0.2) is 98.1 Å². The van der Waals surface area contributed by atoms with Gasteiger partial charge in [-0.1, -0.05) is 258 Å². The third-order valence-electron chi connectivity index (χ3n) is 24.7. The molecule has 0 amide bonds. The van der Waals surface area contributed by atoms with E-state index in [9.17, 15) is 0 Å². The fourth-order valence-corrected chi connectivity index (χ4v) is 20.3. The molecule has 0 spiro atoms. The molecule has 0 bridgehead atoms. The molecule has 0 unspecified atom stereocenters. The second kappa shape index (κ2) is 33.7. The summed E-state index contributed by atoms with van der Waals surface area (Å²) in [6.07, 6.45) is 0. The number of rotatable bonds is 14. The Balaban J connectivity index is 0.000000160. The van der Waals surface area contributed by atoms with Crippen LogP contribution in [0.25, 0.3) is 0 Å². The molecule has 8 aromatic rings. The zero-order valence-corrected chi connectivity index (χ0v) is 81.0. The fraction of sp³-hybridized carbons (Fsp3) is 0.505. The summed E-state index contributed by atoms with van der Waals surface area (Å²) in [4.78, 5) is 31.8. The van der Waals surface area contributed by atoms with Crippen LogP contribution in [0.5, 0.6) is 0 Å². The predicted molar refractivity (Wildman–Crippen MR) is 520 cm³/mol. The lowest BCUT2D eigenvalue weighted by molar-refractivity contribution is 0.244. The number of benzene rings is 8. The Labute approximate surface area is 733 Å². The lowest BCUT2D eigenvalue weighted by atomic mass is 9.92. The van der Waals surface area contributed by atoms with Crippen molar-refractivity contribution in [2.24, 2.45) is 37.9 Å². The Hall–Kier alpha value is -9.42. The molecular weight excluding hydrogens is 1480 g/mol. The van der Waals surface area contributed by atoms with Gasteiger partial charge in [0.15, 0.2) is 23.3 Å². The van der Waals surface area contributed by atoms with Gasteiger partial charge in [-0.15, -0.1) is 0 Å². The molecule has 7 aliphatic rings. The van der Waals surface area contributed by atoms with Crippen molar-refractivity contribution in [2.75, 3.05) is 118 Å². The minimum Gasteiger partial charge on any atom is -0.349 e. The maximum absolute atomic E-state index is 2.72. The topological polar surface area (TPSA) is 38.9 Å². The first-order valence-corrected chi connectivity index (χ1v) is 45.5. The first-order valence-electron chi connectivity index (χ1n) is 45.5. The second-order valence-electron chi connectivity index (χ2n) is 45.3. The molecule has 648 valence electrons. The molecule has 15 rings (SSSR count). The van der Waals surface area contributed by atoms with Crippen LogP contribution in [0.4, 0.5) is 45.5 Å². The lowest BCUT2D eigenvalue weighted by Crippen LogP contribution is -2.46. The molecule has 0 atom stereocenters. The highest BCUT2D eigenvalue weighted by Gasteiger charge is 2.50. The van der Waals surface area contributed by atoms with Gasteiger partial charge in [-0.25, -0.2) is 0 Å². The Morgan fingerprint density at radius 1 is 0.231 bits per heavy atom. The van der Waals surface area contributed by atoms with Crippen molar-refractivity contribution in [1.82, 2.24) is 19.6 Å². The van der Waals surface area contributed by atoms with Gasteiger partial charge < -0.3 is 58.8 Å². The molecule has 2 saturated heterocycles. The van der Waals surface area contributed by atoms with Crippen LogP contribution in [0.2, 0.25) is 0 Å². The Morgan fingerprint density at radius 3 is 0.579 bits per heavy atom. The van der Waals surface area contributed by atoms with E-state index in [0.29, 0.717) is 0 Å².